The van der Waals surface area contributed by atoms with Crippen LogP contribution in [0.4, 0.5) is 36.7 Å². The molecule has 3 N–H and O–H groups in total. The molecule has 1 unspecified atom stereocenters. The highest BCUT2D eigenvalue weighted by Crippen LogP contribution is 2.27. The predicted molar refractivity (Wildman–Crippen MR) is 155 cm³/mol. The van der Waals surface area contributed by atoms with Crippen molar-refractivity contribution in [1.29, 1.82) is 0 Å². The van der Waals surface area contributed by atoms with Crippen molar-refractivity contribution in [2.45, 2.75) is 25.1 Å². The van der Waals surface area contributed by atoms with Crippen LogP contribution in [0.3, 0.4) is 0 Å². The second-order valence-corrected chi connectivity index (χ2v) is 10.0. The summed E-state index contributed by atoms with van der Waals surface area (Å²) in [7, 11) is 0. The second-order valence-electron chi connectivity index (χ2n) is 10.0. The molecule has 0 fully saturated rings. The lowest BCUT2D eigenvalue weighted by atomic mass is 10.1. The van der Waals surface area contributed by atoms with Crippen molar-refractivity contribution in [3.05, 3.63) is 114 Å². The highest BCUT2D eigenvalue weighted by molar-refractivity contribution is 5.95. The van der Waals surface area contributed by atoms with Crippen LogP contribution in [0.2, 0.25) is 0 Å². The van der Waals surface area contributed by atoms with Crippen molar-refractivity contribution in [1.82, 2.24) is 25.2 Å². The number of nitrogens with zero attached hydrogens (tertiary/aromatic N) is 3. The van der Waals surface area contributed by atoms with E-state index < -0.39 is 37.0 Å². The van der Waals surface area contributed by atoms with Gasteiger partial charge in [-0.3, -0.25) is 9.59 Å². The number of rotatable bonds is 10. The summed E-state index contributed by atoms with van der Waals surface area (Å²) >= 11 is 0. The third-order valence-corrected chi connectivity index (χ3v) is 6.56. The minimum absolute atomic E-state index is 0.208. The standard InChI is InChI=1S/C31H23F7N6O3/c32-23-10-1-18(2-11-23)15-39-26(45)20-5-3-19(4-6-20)22-9-14-25-41-29(43-44(25)16-22)42-28(31(36,37)38)47-24-12-7-21(8-13-24)27(46)40-17-30(33,34)35/h1-14,16,28H,15,17H2,(H,39,45)(H,40,46)(H,42,43). The number of ether oxygens (including phenoxy) is 1. The largest absolute Gasteiger partial charge is 0.461 e. The SMILES string of the molecule is O=C(NCc1ccc(F)cc1)c1ccc(-c2ccc3nc(NC(Oc4ccc(C(=O)NCC(F)(F)F)cc4)C(F)(F)F)nn3c2)cc1. The molecular weight excluding hydrogens is 637 g/mol. The lowest BCUT2D eigenvalue weighted by molar-refractivity contribution is -0.186. The summed E-state index contributed by atoms with van der Waals surface area (Å²) in [6.45, 7) is -1.36. The summed E-state index contributed by atoms with van der Waals surface area (Å²) < 4.78 is 97.8. The summed E-state index contributed by atoms with van der Waals surface area (Å²) in [5.74, 6) is -2.53. The van der Waals surface area contributed by atoms with Crippen LogP contribution in [0.15, 0.2) is 91.1 Å². The van der Waals surface area contributed by atoms with Gasteiger partial charge in [0.2, 0.25) is 5.95 Å². The second kappa shape index (κ2) is 13.4. The third kappa shape index (κ3) is 8.74. The first-order valence-corrected chi connectivity index (χ1v) is 13.7. The molecule has 0 radical (unpaired) electrons. The number of alkyl halides is 6. The number of fused-ring (bicyclic) bond motifs is 1. The van der Waals surface area contributed by atoms with E-state index in [4.69, 9.17) is 4.74 Å². The fraction of sp³-hybridized carbons (Fsp3) is 0.161. The Morgan fingerprint density at radius 1 is 0.766 bits per heavy atom. The van der Waals surface area contributed by atoms with E-state index in [1.54, 1.807) is 47.8 Å². The Bertz CT molecular complexity index is 1860. The van der Waals surface area contributed by atoms with E-state index in [-0.39, 0.29) is 35.2 Å². The zero-order chi connectivity index (χ0) is 33.8. The highest BCUT2D eigenvalue weighted by atomic mass is 19.4. The zero-order valence-corrected chi connectivity index (χ0v) is 23.9. The number of hydrogen-bond donors (Lipinski definition) is 3. The smallest absolute Gasteiger partial charge is 0.445 e. The third-order valence-electron chi connectivity index (χ3n) is 6.56. The quantitative estimate of drug-likeness (QED) is 0.123. The van der Waals surface area contributed by atoms with Gasteiger partial charge in [0.05, 0.1) is 0 Å². The Labute approximate surface area is 261 Å². The summed E-state index contributed by atoms with van der Waals surface area (Å²) in [6.07, 6.45) is -10.7. The molecule has 0 saturated heterocycles. The van der Waals surface area contributed by atoms with E-state index in [1.165, 1.54) is 28.9 Å². The minimum Gasteiger partial charge on any atom is -0.461 e. The van der Waals surface area contributed by atoms with Gasteiger partial charge < -0.3 is 20.7 Å². The fourth-order valence-electron chi connectivity index (χ4n) is 4.21. The molecule has 0 aliphatic rings. The van der Waals surface area contributed by atoms with E-state index in [9.17, 15) is 40.3 Å². The van der Waals surface area contributed by atoms with E-state index >= 15 is 0 Å². The number of hydrogen-bond acceptors (Lipinski definition) is 6. The Hall–Kier alpha value is -5.67. The maximum absolute atomic E-state index is 13.8. The minimum atomic E-state index is -4.95. The molecule has 2 heterocycles. The van der Waals surface area contributed by atoms with Gasteiger partial charge in [0.25, 0.3) is 18.0 Å². The van der Waals surface area contributed by atoms with Gasteiger partial charge in [-0.2, -0.15) is 31.3 Å². The number of amides is 2. The average Bonchev–Trinajstić information content (AvgIpc) is 3.44. The van der Waals surface area contributed by atoms with Crippen LogP contribution in [0.5, 0.6) is 5.75 Å². The Kier molecular flexibility index (Phi) is 9.30. The fourth-order valence-corrected chi connectivity index (χ4v) is 4.21. The molecule has 5 rings (SSSR count). The normalized spacial score (nSPS) is 12.4. The van der Waals surface area contributed by atoms with E-state index in [2.05, 4.69) is 20.7 Å². The number of nitrogens with one attached hydrogen (secondary N) is 3. The molecule has 3 aromatic carbocycles. The maximum atomic E-state index is 13.8. The molecule has 9 nitrogen and oxygen atoms in total. The number of aromatic nitrogens is 3. The highest BCUT2D eigenvalue weighted by Gasteiger charge is 2.43. The average molecular weight is 661 g/mol. The van der Waals surface area contributed by atoms with E-state index in [0.29, 0.717) is 16.7 Å². The van der Waals surface area contributed by atoms with Crippen LogP contribution in [0, 0.1) is 5.82 Å². The Morgan fingerprint density at radius 2 is 1.36 bits per heavy atom. The summed E-state index contributed by atoms with van der Waals surface area (Å²) in [5.41, 5.74) is 2.40. The molecule has 0 aliphatic heterocycles. The van der Waals surface area contributed by atoms with Crippen LogP contribution < -0.4 is 20.7 Å². The van der Waals surface area contributed by atoms with Crippen LogP contribution in [0.25, 0.3) is 16.8 Å². The van der Waals surface area contributed by atoms with Crippen molar-refractivity contribution in [2.24, 2.45) is 0 Å². The van der Waals surface area contributed by atoms with Gasteiger partial charge in [0.15, 0.2) is 5.65 Å². The molecule has 2 aromatic heterocycles. The molecule has 5 aromatic rings. The summed E-state index contributed by atoms with van der Waals surface area (Å²) in [6, 6.07) is 19.5. The van der Waals surface area contributed by atoms with Gasteiger partial charge in [0, 0.05) is 29.4 Å². The monoisotopic (exact) mass is 660 g/mol. The number of carbonyl (C=O) groups excluding carboxylic acids is 2. The molecule has 16 heteroatoms. The van der Waals surface area contributed by atoms with Crippen molar-refractivity contribution >= 4 is 23.4 Å². The van der Waals surface area contributed by atoms with E-state index in [0.717, 1.165) is 29.8 Å². The van der Waals surface area contributed by atoms with Crippen molar-refractivity contribution in [3.8, 4) is 16.9 Å². The molecule has 47 heavy (non-hydrogen) atoms. The van der Waals surface area contributed by atoms with Gasteiger partial charge in [-0.05, 0) is 71.8 Å². The van der Waals surface area contributed by atoms with E-state index in [1.807, 2.05) is 0 Å². The zero-order valence-electron chi connectivity index (χ0n) is 23.9. The first kappa shape index (κ1) is 32.7. The van der Waals surface area contributed by atoms with Crippen LogP contribution >= 0.6 is 0 Å². The van der Waals surface area contributed by atoms with Crippen LogP contribution in [-0.4, -0.2) is 51.5 Å². The predicted octanol–water partition coefficient (Wildman–Crippen LogP) is 6.14. The molecule has 0 bridgehead atoms. The molecular formula is C31H23F7N6O3. The van der Waals surface area contributed by atoms with Crippen LogP contribution in [-0.2, 0) is 6.54 Å². The Balaban J connectivity index is 1.23. The Morgan fingerprint density at radius 3 is 1.98 bits per heavy atom. The van der Waals surface area contributed by atoms with Crippen molar-refractivity contribution in [3.63, 3.8) is 0 Å². The number of pyridine rings is 1. The summed E-state index contributed by atoms with van der Waals surface area (Å²) in [5, 5.41) is 10.5. The molecule has 2 amide bonds. The molecule has 1 atom stereocenters. The van der Waals surface area contributed by atoms with Crippen LogP contribution in [0.1, 0.15) is 26.3 Å². The lowest BCUT2D eigenvalue weighted by Gasteiger charge is -2.22. The van der Waals surface area contributed by atoms with Gasteiger partial charge in [-0.1, -0.05) is 24.3 Å². The first-order valence-electron chi connectivity index (χ1n) is 13.7. The number of anilines is 1. The molecule has 0 aliphatic carbocycles. The van der Waals surface area contributed by atoms with Crippen molar-refractivity contribution < 1.29 is 45.1 Å². The van der Waals surface area contributed by atoms with Gasteiger partial charge in [-0.25, -0.2) is 8.91 Å². The van der Waals surface area contributed by atoms with Crippen molar-refractivity contribution in [2.75, 3.05) is 11.9 Å². The maximum Gasteiger partial charge on any atom is 0.445 e. The molecule has 244 valence electrons. The molecule has 0 saturated carbocycles. The first-order chi connectivity index (χ1) is 22.2. The lowest BCUT2D eigenvalue weighted by Crippen LogP contribution is -2.41. The number of carbonyl (C=O) groups is 2. The van der Waals surface area contributed by atoms with Gasteiger partial charge in [0.1, 0.15) is 18.1 Å². The van der Waals surface area contributed by atoms with Gasteiger partial charge >= 0.3 is 12.4 Å². The molecule has 0 spiro atoms. The topological polar surface area (TPSA) is 110 Å². The van der Waals surface area contributed by atoms with Gasteiger partial charge in [-0.15, -0.1) is 5.10 Å². The summed E-state index contributed by atoms with van der Waals surface area (Å²) in [4.78, 5) is 28.4. The number of benzene rings is 3. The number of halogens is 7.